The first kappa shape index (κ1) is 15.4. The van der Waals surface area contributed by atoms with E-state index in [0.29, 0.717) is 12.3 Å². The molecule has 1 aromatic carbocycles. The Labute approximate surface area is 118 Å². The van der Waals surface area contributed by atoms with Gasteiger partial charge in [-0.2, -0.15) is 0 Å². The van der Waals surface area contributed by atoms with Crippen molar-refractivity contribution in [3.63, 3.8) is 0 Å². The minimum absolute atomic E-state index is 0.182. The summed E-state index contributed by atoms with van der Waals surface area (Å²) in [5.41, 5.74) is -0.559. The summed E-state index contributed by atoms with van der Waals surface area (Å²) in [4.78, 5) is 11.7. The molecule has 18 heavy (non-hydrogen) atoms. The number of hydrogen-bond donors (Lipinski definition) is 1. The fraction of sp³-hybridized carbons (Fsp3) is 0.417. The zero-order chi connectivity index (χ0) is 13.7. The standard InChI is InChI=1S/C12H13BrClF2NO/c1-7(3-2-4-14)17-12(18)11-9(15)5-8(13)6-10(11)16/h5-7H,2-4H2,1H3,(H,17,18). The highest BCUT2D eigenvalue weighted by Gasteiger charge is 2.19. The number of carbonyl (C=O) groups excluding carboxylic acids is 1. The molecule has 0 bridgehead atoms. The van der Waals surface area contributed by atoms with Gasteiger partial charge in [-0.1, -0.05) is 15.9 Å². The zero-order valence-electron chi connectivity index (χ0n) is 9.77. The Morgan fingerprint density at radius 2 is 2.00 bits per heavy atom. The third-order valence-electron chi connectivity index (χ3n) is 2.38. The van der Waals surface area contributed by atoms with E-state index in [2.05, 4.69) is 21.2 Å². The van der Waals surface area contributed by atoms with Crippen LogP contribution in [-0.4, -0.2) is 17.8 Å². The van der Waals surface area contributed by atoms with Crippen LogP contribution in [0.5, 0.6) is 0 Å². The first-order valence-corrected chi connectivity index (χ1v) is 6.79. The molecule has 1 aromatic rings. The average Bonchev–Trinajstić information content (AvgIpc) is 2.24. The molecule has 1 rings (SSSR count). The summed E-state index contributed by atoms with van der Waals surface area (Å²) in [6.07, 6.45) is 1.39. The second-order valence-corrected chi connectivity index (χ2v) is 5.24. The minimum Gasteiger partial charge on any atom is -0.349 e. The summed E-state index contributed by atoms with van der Waals surface area (Å²) in [6, 6.07) is 1.93. The van der Waals surface area contributed by atoms with Crippen LogP contribution in [0, 0.1) is 11.6 Å². The van der Waals surface area contributed by atoms with Crippen LogP contribution >= 0.6 is 27.5 Å². The second kappa shape index (κ2) is 7.04. The lowest BCUT2D eigenvalue weighted by molar-refractivity contribution is 0.0930. The summed E-state index contributed by atoms with van der Waals surface area (Å²) in [5.74, 6) is -2.03. The predicted octanol–water partition coefficient (Wildman–Crippen LogP) is 3.86. The number of benzene rings is 1. The SMILES string of the molecule is CC(CCCCl)NC(=O)c1c(F)cc(Br)cc1F. The van der Waals surface area contributed by atoms with E-state index >= 15 is 0 Å². The Balaban J connectivity index is 2.78. The first-order valence-electron chi connectivity index (χ1n) is 5.47. The molecule has 0 spiro atoms. The minimum atomic E-state index is -0.885. The van der Waals surface area contributed by atoms with Crippen LogP contribution in [0.3, 0.4) is 0 Å². The largest absolute Gasteiger partial charge is 0.349 e. The smallest absolute Gasteiger partial charge is 0.257 e. The molecule has 0 aliphatic carbocycles. The molecule has 100 valence electrons. The van der Waals surface area contributed by atoms with Crippen molar-refractivity contribution < 1.29 is 13.6 Å². The molecule has 0 aliphatic heterocycles. The van der Waals surface area contributed by atoms with Crippen LogP contribution < -0.4 is 5.32 Å². The van der Waals surface area contributed by atoms with E-state index in [1.165, 1.54) is 0 Å². The van der Waals surface area contributed by atoms with Crippen molar-refractivity contribution in [1.82, 2.24) is 5.32 Å². The maximum absolute atomic E-state index is 13.5. The van der Waals surface area contributed by atoms with Gasteiger partial charge in [0.1, 0.15) is 17.2 Å². The van der Waals surface area contributed by atoms with E-state index < -0.39 is 23.1 Å². The Bertz CT molecular complexity index is 419. The molecular weight excluding hydrogens is 327 g/mol. The van der Waals surface area contributed by atoms with Crippen molar-refractivity contribution in [2.75, 3.05) is 5.88 Å². The van der Waals surface area contributed by atoms with Gasteiger partial charge in [-0.15, -0.1) is 11.6 Å². The molecular formula is C12H13BrClF2NO. The van der Waals surface area contributed by atoms with E-state index in [9.17, 15) is 13.6 Å². The van der Waals surface area contributed by atoms with Crippen molar-refractivity contribution in [1.29, 1.82) is 0 Å². The molecule has 0 heterocycles. The third-order valence-corrected chi connectivity index (χ3v) is 3.11. The van der Waals surface area contributed by atoms with Gasteiger partial charge in [-0.25, -0.2) is 8.78 Å². The fourth-order valence-corrected chi connectivity index (χ4v) is 2.07. The number of nitrogens with one attached hydrogen (secondary N) is 1. The Morgan fingerprint density at radius 3 is 2.50 bits per heavy atom. The molecule has 1 atom stereocenters. The van der Waals surface area contributed by atoms with Gasteiger partial charge in [0.05, 0.1) is 0 Å². The molecule has 0 saturated heterocycles. The summed E-state index contributed by atoms with van der Waals surface area (Å²) < 4.78 is 27.3. The molecule has 0 aliphatic rings. The number of rotatable bonds is 5. The van der Waals surface area contributed by atoms with Gasteiger partial charge in [-0.3, -0.25) is 4.79 Å². The fourth-order valence-electron chi connectivity index (χ4n) is 1.51. The van der Waals surface area contributed by atoms with Crippen LogP contribution in [0.25, 0.3) is 0 Å². The van der Waals surface area contributed by atoms with Gasteiger partial charge in [0, 0.05) is 16.4 Å². The highest BCUT2D eigenvalue weighted by Crippen LogP contribution is 2.19. The summed E-state index contributed by atoms with van der Waals surface area (Å²) >= 11 is 8.48. The van der Waals surface area contributed by atoms with Crippen molar-refractivity contribution in [3.05, 3.63) is 33.8 Å². The zero-order valence-corrected chi connectivity index (χ0v) is 12.1. The molecule has 1 N–H and O–H groups in total. The molecule has 2 nitrogen and oxygen atoms in total. The average molecular weight is 341 g/mol. The highest BCUT2D eigenvalue weighted by molar-refractivity contribution is 9.10. The Kier molecular flexibility index (Phi) is 6.02. The second-order valence-electron chi connectivity index (χ2n) is 3.95. The molecule has 6 heteroatoms. The lowest BCUT2D eigenvalue weighted by Gasteiger charge is -2.14. The summed E-state index contributed by atoms with van der Waals surface area (Å²) in [7, 11) is 0. The molecule has 0 saturated carbocycles. The van der Waals surface area contributed by atoms with E-state index in [1.807, 2.05) is 0 Å². The van der Waals surface area contributed by atoms with Crippen LogP contribution in [0.4, 0.5) is 8.78 Å². The highest BCUT2D eigenvalue weighted by atomic mass is 79.9. The van der Waals surface area contributed by atoms with Gasteiger partial charge in [0.15, 0.2) is 0 Å². The van der Waals surface area contributed by atoms with E-state index in [-0.39, 0.29) is 10.5 Å². The first-order chi connectivity index (χ1) is 8.45. The van der Waals surface area contributed by atoms with Crippen molar-refractivity contribution in [3.8, 4) is 0 Å². The predicted molar refractivity (Wildman–Crippen MR) is 70.9 cm³/mol. The molecule has 0 aromatic heterocycles. The quantitative estimate of drug-likeness (QED) is 0.810. The Morgan fingerprint density at radius 1 is 1.44 bits per heavy atom. The molecule has 0 fully saturated rings. The molecule has 1 unspecified atom stereocenters. The van der Waals surface area contributed by atoms with Gasteiger partial charge < -0.3 is 5.32 Å². The van der Waals surface area contributed by atoms with Crippen molar-refractivity contribution in [2.45, 2.75) is 25.8 Å². The van der Waals surface area contributed by atoms with Gasteiger partial charge in [0.2, 0.25) is 0 Å². The topological polar surface area (TPSA) is 29.1 Å². The monoisotopic (exact) mass is 339 g/mol. The van der Waals surface area contributed by atoms with Crippen LogP contribution in [0.1, 0.15) is 30.1 Å². The number of amides is 1. The lowest BCUT2D eigenvalue weighted by atomic mass is 10.1. The number of carbonyl (C=O) groups is 1. The summed E-state index contributed by atoms with van der Waals surface area (Å²) in [6.45, 7) is 1.76. The maximum Gasteiger partial charge on any atom is 0.257 e. The van der Waals surface area contributed by atoms with Gasteiger partial charge in [-0.05, 0) is 31.9 Å². The van der Waals surface area contributed by atoms with E-state index in [4.69, 9.17) is 11.6 Å². The number of halogens is 4. The lowest BCUT2D eigenvalue weighted by Crippen LogP contribution is -2.33. The third kappa shape index (κ3) is 4.21. The van der Waals surface area contributed by atoms with Crippen molar-refractivity contribution in [2.24, 2.45) is 0 Å². The van der Waals surface area contributed by atoms with E-state index in [1.54, 1.807) is 6.92 Å². The Hall–Kier alpha value is -0.680. The normalized spacial score (nSPS) is 12.3. The summed E-state index contributed by atoms with van der Waals surface area (Å²) in [5, 5.41) is 2.54. The van der Waals surface area contributed by atoms with Crippen LogP contribution in [0.15, 0.2) is 16.6 Å². The van der Waals surface area contributed by atoms with Gasteiger partial charge >= 0.3 is 0 Å². The maximum atomic E-state index is 13.5. The molecule has 1 amide bonds. The number of alkyl halides is 1. The number of hydrogen-bond acceptors (Lipinski definition) is 1. The molecule has 0 radical (unpaired) electrons. The van der Waals surface area contributed by atoms with Crippen LogP contribution in [0.2, 0.25) is 0 Å². The van der Waals surface area contributed by atoms with Crippen molar-refractivity contribution >= 4 is 33.4 Å². The van der Waals surface area contributed by atoms with Gasteiger partial charge in [0.25, 0.3) is 5.91 Å². The van der Waals surface area contributed by atoms with E-state index in [0.717, 1.165) is 18.6 Å². The van der Waals surface area contributed by atoms with Crippen LogP contribution in [-0.2, 0) is 0 Å².